The molecule has 1 aromatic rings. The fraction of sp³-hybridized carbons (Fsp3) is 0.727. The Bertz CT molecular complexity index is 306. The number of hydrogen-bond acceptors (Lipinski definition) is 2. The Morgan fingerprint density at radius 3 is 3.29 bits per heavy atom. The van der Waals surface area contributed by atoms with Crippen LogP contribution in [0.15, 0.2) is 6.20 Å². The van der Waals surface area contributed by atoms with Crippen molar-refractivity contribution in [2.24, 2.45) is 0 Å². The van der Waals surface area contributed by atoms with E-state index in [0.29, 0.717) is 6.04 Å². The quantitative estimate of drug-likeness (QED) is 0.795. The highest BCUT2D eigenvalue weighted by atomic mass is 16.2. The molecule has 0 saturated heterocycles. The predicted octanol–water partition coefficient (Wildman–Crippen LogP) is 1.71. The van der Waals surface area contributed by atoms with Gasteiger partial charge in [-0.3, -0.25) is 0 Å². The topological polar surface area (TPSA) is 38.1 Å². The second-order valence-electron chi connectivity index (χ2n) is 4.10. The minimum absolute atomic E-state index is 0.260. The standard InChI is InChI=1S/C11H18N2O/c1-9-4-2-5-10-8-12-11(13(9)10)6-3-7-14/h8-9,14H,2-7H2,1H3. The fourth-order valence-corrected chi connectivity index (χ4v) is 2.29. The molecule has 0 bridgehead atoms. The van der Waals surface area contributed by atoms with Gasteiger partial charge in [-0.25, -0.2) is 4.98 Å². The smallest absolute Gasteiger partial charge is 0.109 e. The van der Waals surface area contributed by atoms with Crippen molar-refractivity contribution < 1.29 is 5.11 Å². The van der Waals surface area contributed by atoms with Crippen molar-refractivity contribution in [3.05, 3.63) is 17.7 Å². The molecular weight excluding hydrogens is 176 g/mol. The van der Waals surface area contributed by atoms with E-state index >= 15 is 0 Å². The van der Waals surface area contributed by atoms with Gasteiger partial charge in [0, 0.05) is 31.0 Å². The van der Waals surface area contributed by atoms with Gasteiger partial charge in [-0.2, -0.15) is 0 Å². The molecule has 0 spiro atoms. The van der Waals surface area contributed by atoms with Gasteiger partial charge >= 0.3 is 0 Å². The maximum Gasteiger partial charge on any atom is 0.109 e. The van der Waals surface area contributed by atoms with Crippen molar-refractivity contribution in [1.29, 1.82) is 0 Å². The van der Waals surface area contributed by atoms with Gasteiger partial charge in [0.25, 0.3) is 0 Å². The van der Waals surface area contributed by atoms with E-state index in [-0.39, 0.29) is 6.61 Å². The molecule has 0 radical (unpaired) electrons. The van der Waals surface area contributed by atoms with Gasteiger partial charge in [-0.05, 0) is 32.6 Å². The molecular formula is C11H18N2O. The van der Waals surface area contributed by atoms with Gasteiger partial charge in [0.15, 0.2) is 0 Å². The van der Waals surface area contributed by atoms with E-state index in [4.69, 9.17) is 5.11 Å². The molecule has 0 aliphatic carbocycles. The number of nitrogens with zero attached hydrogens (tertiary/aromatic N) is 2. The largest absolute Gasteiger partial charge is 0.396 e. The fourth-order valence-electron chi connectivity index (χ4n) is 2.29. The lowest BCUT2D eigenvalue weighted by Crippen LogP contribution is -2.17. The predicted molar refractivity (Wildman–Crippen MR) is 55.3 cm³/mol. The number of aryl methyl sites for hydroxylation is 2. The molecule has 0 fully saturated rings. The van der Waals surface area contributed by atoms with Crippen LogP contribution < -0.4 is 0 Å². The van der Waals surface area contributed by atoms with E-state index < -0.39 is 0 Å². The van der Waals surface area contributed by atoms with E-state index in [1.54, 1.807) is 0 Å². The summed E-state index contributed by atoms with van der Waals surface area (Å²) in [5.74, 6) is 1.15. The van der Waals surface area contributed by atoms with Crippen LogP contribution in [0.4, 0.5) is 0 Å². The molecule has 0 amide bonds. The number of rotatable bonds is 3. The zero-order valence-corrected chi connectivity index (χ0v) is 8.74. The Morgan fingerprint density at radius 2 is 2.50 bits per heavy atom. The number of aliphatic hydroxyl groups is 1. The summed E-state index contributed by atoms with van der Waals surface area (Å²) in [5, 5.41) is 8.80. The number of fused-ring (bicyclic) bond motifs is 1. The summed E-state index contributed by atoms with van der Waals surface area (Å²) in [5.41, 5.74) is 1.37. The van der Waals surface area contributed by atoms with Crippen LogP contribution in [-0.4, -0.2) is 21.3 Å². The zero-order valence-electron chi connectivity index (χ0n) is 8.74. The Labute approximate surface area is 84.8 Å². The molecule has 1 N–H and O–H groups in total. The van der Waals surface area contributed by atoms with Crippen molar-refractivity contribution in [1.82, 2.24) is 9.55 Å². The first-order valence-corrected chi connectivity index (χ1v) is 5.48. The lowest BCUT2D eigenvalue weighted by molar-refractivity contribution is 0.285. The summed E-state index contributed by atoms with van der Waals surface area (Å²) in [4.78, 5) is 4.44. The molecule has 1 aliphatic rings. The number of hydrogen-bond donors (Lipinski definition) is 1. The SMILES string of the molecule is CC1CCCc2cnc(CCCO)n21. The first-order chi connectivity index (χ1) is 6.83. The highest BCUT2D eigenvalue weighted by molar-refractivity contribution is 5.10. The van der Waals surface area contributed by atoms with Gasteiger partial charge < -0.3 is 9.67 Å². The average molecular weight is 194 g/mol. The summed E-state index contributed by atoms with van der Waals surface area (Å²) in [6.07, 6.45) is 7.44. The molecule has 0 aromatic carbocycles. The Hall–Kier alpha value is -0.830. The number of imidazole rings is 1. The van der Waals surface area contributed by atoms with Crippen LogP contribution in [-0.2, 0) is 12.8 Å². The third kappa shape index (κ3) is 1.69. The molecule has 2 heterocycles. The molecule has 14 heavy (non-hydrogen) atoms. The van der Waals surface area contributed by atoms with Crippen LogP contribution >= 0.6 is 0 Å². The molecule has 3 nitrogen and oxygen atoms in total. The molecule has 1 aromatic heterocycles. The summed E-state index contributed by atoms with van der Waals surface area (Å²) in [6.45, 7) is 2.52. The molecule has 2 rings (SSSR count). The maximum absolute atomic E-state index is 8.80. The summed E-state index contributed by atoms with van der Waals surface area (Å²) >= 11 is 0. The van der Waals surface area contributed by atoms with Gasteiger partial charge in [-0.1, -0.05) is 0 Å². The Kier molecular flexibility index (Phi) is 2.87. The first-order valence-electron chi connectivity index (χ1n) is 5.48. The van der Waals surface area contributed by atoms with Crippen molar-refractivity contribution in [3.63, 3.8) is 0 Å². The highest BCUT2D eigenvalue weighted by Gasteiger charge is 2.18. The molecule has 1 unspecified atom stereocenters. The number of aromatic nitrogens is 2. The van der Waals surface area contributed by atoms with E-state index in [2.05, 4.69) is 16.5 Å². The van der Waals surface area contributed by atoms with Gasteiger partial charge in [0.1, 0.15) is 5.82 Å². The van der Waals surface area contributed by atoms with Crippen molar-refractivity contribution in [3.8, 4) is 0 Å². The van der Waals surface area contributed by atoms with Crippen LogP contribution in [0.1, 0.15) is 43.7 Å². The van der Waals surface area contributed by atoms with Gasteiger partial charge in [0.05, 0.1) is 0 Å². The summed E-state index contributed by atoms with van der Waals surface area (Å²) in [6, 6.07) is 0.593. The van der Waals surface area contributed by atoms with E-state index in [1.807, 2.05) is 6.20 Å². The van der Waals surface area contributed by atoms with Gasteiger partial charge in [-0.15, -0.1) is 0 Å². The molecule has 0 saturated carbocycles. The second-order valence-corrected chi connectivity index (χ2v) is 4.10. The minimum atomic E-state index is 0.260. The van der Waals surface area contributed by atoms with E-state index in [1.165, 1.54) is 18.5 Å². The van der Waals surface area contributed by atoms with Crippen LogP contribution in [0, 0.1) is 0 Å². The Morgan fingerprint density at radius 1 is 1.64 bits per heavy atom. The van der Waals surface area contributed by atoms with Crippen molar-refractivity contribution in [2.75, 3.05) is 6.61 Å². The molecule has 1 aliphatic heterocycles. The van der Waals surface area contributed by atoms with E-state index in [9.17, 15) is 0 Å². The highest BCUT2D eigenvalue weighted by Crippen LogP contribution is 2.26. The van der Waals surface area contributed by atoms with Crippen LogP contribution in [0.5, 0.6) is 0 Å². The zero-order chi connectivity index (χ0) is 9.97. The number of aliphatic hydroxyl groups excluding tert-OH is 1. The minimum Gasteiger partial charge on any atom is -0.396 e. The monoisotopic (exact) mass is 194 g/mol. The van der Waals surface area contributed by atoms with Crippen LogP contribution in [0.25, 0.3) is 0 Å². The first kappa shape index (κ1) is 9.71. The van der Waals surface area contributed by atoms with Crippen LogP contribution in [0.3, 0.4) is 0 Å². The summed E-state index contributed by atoms with van der Waals surface area (Å²) < 4.78 is 2.36. The van der Waals surface area contributed by atoms with E-state index in [0.717, 1.165) is 25.1 Å². The maximum atomic E-state index is 8.80. The second kappa shape index (κ2) is 4.13. The van der Waals surface area contributed by atoms with Crippen LogP contribution in [0.2, 0.25) is 0 Å². The summed E-state index contributed by atoms with van der Waals surface area (Å²) in [7, 11) is 0. The molecule has 1 atom stereocenters. The molecule has 78 valence electrons. The van der Waals surface area contributed by atoms with Crippen molar-refractivity contribution in [2.45, 2.75) is 45.1 Å². The third-order valence-corrected chi connectivity index (χ3v) is 3.00. The average Bonchev–Trinajstić information content (AvgIpc) is 2.59. The lowest BCUT2D eigenvalue weighted by Gasteiger charge is -2.24. The lowest BCUT2D eigenvalue weighted by atomic mass is 10.0. The Balaban J connectivity index is 2.20. The van der Waals surface area contributed by atoms with Crippen molar-refractivity contribution >= 4 is 0 Å². The third-order valence-electron chi connectivity index (χ3n) is 3.00. The molecule has 3 heteroatoms. The van der Waals surface area contributed by atoms with Gasteiger partial charge in [0.2, 0.25) is 0 Å². The normalized spacial score (nSPS) is 20.9.